The number of aliphatic hydroxyl groups is 1. The molecule has 0 bridgehead atoms. The molecule has 1 heterocycles. The van der Waals surface area contributed by atoms with Crippen LogP contribution in [-0.2, 0) is 6.61 Å². The number of ether oxygens (including phenoxy) is 2. The minimum Gasteiger partial charge on any atom is -0.497 e. The molecule has 0 aliphatic rings. The van der Waals surface area contributed by atoms with Crippen LogP contribution in [0.2, 0.25) is 0 Å². The maximum Gasteiger partial charge on any atom is 0.132 e. The first-order valence-corrected chi connectivity index (χ1v) is 5.15. The number of rotatable bonds is 4. The predicted molar refractivity (Wildman–Crippen MR) is 63.1 cm³/mol. The topological polar surface area (TPSA) is 67.4 Å². The molecule has 90 valence electrons. The van der Waals surface area contributed by atoms with Crippen LogP contribution in [0.1, 0.15) is 5.82 Å². The van der Waals surface area contributed by atoms with Gasteiger partial charge in [0.1, 0.15) is 23.9 Å². The summed E-state index contributed by atoms with van der Waals surface area (Å²) in [6.07, 6.45) is 1.67. The van der Waals surface area contributed by atoms with Crippen LogP contribution in [0.3, 0.4) is 0 Å². The Labute approximate surface area is 99.0 Å². The normalized spacial score (nSPS) is 10.3. The number of aliphatic hydroxyl groups excluding tert-OH is 1. The lowest BCUT2D eigenvalue weighted by Gasteiger charge is -2.07. The molecular weight excluding hydrogens is 220 g/mol. The Kier molecular flexibility index (Phi) is 3.30. The molecule has 0 fully saturated rings. The van der Waals surface area contributed by atoms with Gasteiger partial charge in [-0.15, -0.1) is 0 Å². The summed E-state index contributed by atoms with van der Waals surface area (Å²) in [6, 6.07) is 5.54. The molecular formula is C12H14N2O3. The lowest BCUT2D eigenvalue weighted by atomic mass is 10.1. The third kappa shape index (κ3) is 2.39. The molecule has 0 aliphatic heterocycles. The molecule has 0 atom stereocenters. The van der Waals surface area contributed by atoms with Crippen molar-refractivity contribution in [3.63, 3.8) is 0 Å². The van der Waals surface area contributed by atoms with Gasteiger partial charge in [-0.05, 0) is 12.1 Å². The Morgan fingerprint density at radius 1 is 1.18 bits per heavy atom. The number of hydrogen-bond donors (Lipinski definition) is 2. The number of methoxy groups -OCH3 is 2. The Balaban J connectivity index is 2.43. The van der Waals surface area contributed by atoms with Gasteiger partial charge in [-0.3, -0.25) is 0 Å². The van der Waals surface area contributed by atoms with Gasteiger partial charge in [-0.25, -0.2) is 4.98 Å². The van der Waals surface area contributed by atoms with Gasteiger partial charge in [-0.1, -0.05) is 0 Å². The minimum atomic E-state index is -0.110. The summed E-state index contributed by atoms with van der Waals surface area (Å²) in [7, 11) is 3.20. The van der Waals surface area contributed by atoms with E-state index >= 15 is 0 Å². The van der Waals surface area contributed by atoms with Crippen molar-refractivity contribution in [1.29, 1.82) is 0 Å². The van der Waals surface area contributed by atoms with Gasteiger partial charge < -0.3 is 19.6 Å². The second-order valence-corrected chi connectivity index (χ2v) is 3.50. The molecule has 5 nitrogen and oxygen atoms in total. The van der Waals surface area contributed by atoms with Gasteiger partial charge in [0.15, 0.2) is 0 Å². The van der Waals surface area contributed by atoms with Crippen LogP contribution in [-0.4, -0.2) is 29.3 Å². The fourth-order valence-electron chi connectivity index (χ4n) is 1.55. The monoisotopic (exact) mass is 234 g/mol. The molecule has 2 aromatic rings. The first-order chi connectivity index (χ1) is 8.26. The highest BCUT2D eigenvalue weighted by molar-refractivity contribution is 5.63. The zero-order chi connectivity index (χ0) is 12.3. The molecule has 5 heteroatoms. The molecule has 17 heavy (non-hydrogen) atoms. The van der Waals surface area contributed by atoms with Crippen LogP contribution in [0.5, 0.6) is 11.5 Å². The fraction of sp³-hybridized carbons (Fsp3) is 0.250. The van der Waals surface area contributed by atoms with Gasteiger partial charge in [0.2, 0.25) is 0 Å². The van der Waals surface area contributed by atoms with Crippen LogP contribution in [0, 0.1) is 0 Å². The van der Waals surface area contributed by atoms with Crippen molar-refractivity contribution >= 4 is 0 Å². The van der Waals surface area contributed by atoms with E-state index in [1.165, 1.54) is 0 Å². The fourth-order valence-corrected chi connectivity index (χ4v) is 1.55. The van der Waals surface area contributed by atoms with E-state index in [9.17, 15) is 0 Å². The van der Waals surface area contributed by atoms with Crippen LogP contribution >= 0.6 is 0 Å². The standard InChI is InChI=1S/C12H14N2O3/c1-16-9-3-8(4-10(5-9)17-2)11-6-13-12(7-15)14-11/h3-6,15H,7H2,1-2H3,(H,13,14). The van der Waals surface area contributed by atoms with E-state index in [0.29, 0.717) is 17.3 Å². The number of aromatic amines is 1. The number of nitrogens with zero attached hydrogens (tertiary/aromatic N) is 1. The van der Waals surface area contributed by atoms with E-state index in [1.54, 1.807) is 26.5 Å². The van der Waals surface area contributed by atoms with Gasteiger partial charge in [0, 0.05) is 11.6 Å². The van der Waals surface area contributed by atoms with Crippen molar-refractivity contribution in [2.24, 2.45) is 0 Å². The van der Waals surface area contributed by atoms with Crippen LogP contribution in [0.4, 0.5) is 0 Å². The van der Waals surface area contributed by atoms with Crippen molar-refractivity contribution in [2.45, 2.75) is 6.61 Å². The third-order valence-corrected chi connectivity index (χ3v) is 2.44. The molecule has 0 saturated carbocycles. The van der Waals surface area contributed by atoms with Gasteiger partial charge >= 0.3 is 0 Å². The molecule has 1 aromatic carbocycles. The molecule has 0 amide bonds. The number of nitrogens with one attached hydrogen (secondary N) is 1. The van der Waals surface area contributed by atoms with Crippen LogP contribution in [0.25, 0.3) is 11.3 Å². The summed E-state index contributed by atoms with van der Waals surface area (Å²) in [5.74, 6) is 1.95. The van der Waals surface area contributed by atoms with E-state index in [-0.39, 0.29) is 6.61 Å². The summed E-state index contributed by atoms with van der Waals surface area (Å²) in [4.78, 5) is 7.04. The van der Waals surface area contributed by atoms with Crippen molar-refractivity contribution in [3.05, 3.63) is 30.2 Å². The number of aromatic nitrogens is 2. The van der Waals surface area contributed by atoms with Crippen molar-refractivity contribution in [2.75, 3.05) is 14.2 Å². The first kappa shape index (κ1) is 11.5. The van der Waals surface area contributed by atoms with E-state index < -0.39 is 0 Å². The predicted octanol–water partition coefficient (Wildman–Crippen LogP) is 1.59. The molecule has 0 saturated heterocycles. The maximum atomic E-state index is 8.96. The van der Waals surface area contributed by atoms with Gasteiger partial charge in [-0.2, -0.15) is 0 Å². The first-order valence-electron chi connectivity index (χ1n) is 5.15. The molecule has 2 rings (SSSR count). The van der Waals surface area contributed by atoms with Gasteiger partial charge in [0.25, 0.3) is 0 Å². The minimum absolute atomic E-state index is 0.110. The highest BCUT2D eigenvalue weighted by atomic mass is 16.5. The summed E-state index contributed by atoms with van der Waals surface area (Å²) < 4.78 is 10.4. The molecule has 0 radical (unpaired) electrons. The Morgan fingerprint density at radius 2 is 1.82 bits per heavy atom. The van der Waals surface area contributed by atoms with Crippen LogP contribution in [0.15, 0.2) is 24.4 Å². The zero-order valence-electron chi connectivity index (χ0n) is 9.73. The molecule has 0 spiro atoms. The maximum absolute atomic E-state index is 8.96. The number of benzene rings is 1. The second-order valence-electron chi connectivity index (χ2n) is 3.50. The summed E-state index contributed by atoms with van der Waals surface area (Å²) in [5, 5.41) is 8.96. The van der Waals surface area contributed by atoms with E-state index in [2.05, 4.69) is 9.97 Å². The number of H-pyrrole nitrogens is 1. The molecule has 1 aromatic heterocycles. The van der Waals surface area contributed by atoms with E-state index in [0.717, 1.165) is 11.3 Å². The van der Waals surface area contributed by atoms with E-state index in [1.807, 2.05) is 12.1 Å². The van der Waals surface area contributed by atoms with Crippen molar-refractivity contribution in [1.82, 2.24) is 9.97 Å². The average Bonchev–Trinajstić information content (AvgIpc) is 2.86. The lowest BCUT2D eigenvalue weighted by Crippen LogP contribution is -1.89. The third-order valence-electron chi connectivity index (χ3n) is 2.44. The quantitative estimate of drug-likeness (QED) is 0.843. The Morgan fingerprint density at radius 3 is 2.29 bits per heavy atom. The highest BCUT2D eigenvalue weighted by Gasteiger charge is 2.06. The molecule has 0 unspecified atom stereocenters. The average molecular weight is 234 g/mol. The Bertz CT molecular complexity index is 486. The lowest BCUT2D eigenvalue weighted by molar-refractivity contribution is 0.272. The largest absolute Gasteiger partial charge is 0.497 e. The summed E-state index contributed by atoms with van der Waals surface area (Å²) in [5.41, 5.74) is 1.71. The molecule has 0 aliphatic carbocycles. The highest BCUT2D eigenvalue weighted by Crippen LogP contribution is 2.28. The van der Waals surface area contributed by atoms with Crippen molar-refractivity contribution in [3.8, 4) is 22.8 Å². The van der Waals surface area contributed by atoms with Gasteiger partial charge in [0.05, 0.1) is 26.1 Å². The zero-order valence-corrected chi connectivity index (χ0v) is 9.73. The van der Waals surface area contributed by atoms with E-state index in [4.69, 9.17) is 14.6 Å². The second kappa shape index (κ2) is 4.88. The SMILES string of the molecule is COc1cc(OC)cc(-c2cnc(CO)[nH]2)c1. The van der Waals surface area contributed by atoms with Crippen molar-refractivity contribution < 1.29 is 14.6 Å². The summed E-state index contributed by atoms with van der Waals surface area (Å²) >= 11 is 0. The molecule has 2 N–H and O–H groups in total. The summed E-state index contributed by atoms with van der Waals surface area (Å²) in [6.45, 7) is -0.110. The number of hydrogen-bond acceptors (Lipinski definition) is 4. The smallest absolute Gasteiger partial charge is 0.132 e. The number of imidazole rings is 1. The Hall–Kier alpha value is -2.01. The van der Waals surface area contributed by atoms with Crippen LogP contribution < -0.4 is 9.47 Å².